The lowest BCUT2D eigenvalue weighted by Crippen LogP contribution is -2.58. The van der Waals surface area contributed by atoms with Crippen molar-refractivity contribution < 1.29 is 0 Å². The quantitative estimate of drug-likeness (QED) is 0.909. The lowest BCUT2D eigenvalue weighted by Gasteiger charge is -2.47. The van der Waals surface area contributed by atoms with Gasteiger partial charge in [0.2, 0.25) is 0 Å². The van der Waals surface area contributed by atoms with Gasteiger partial charge in [-0.05, 0) is 37.9 Å². The summed E-state index contributed by atoms with van der Waals surface area (Å²) in [5.74, 6) is 0. The molecular weight excluding hydrogens is 248 g/mol. The highest BCUT2D eigenvalue weighted by Gasteiger charge is 2.32. The maximum absolute atomic E-state index is 5.81. The van der Waals surface area contributed by atoms with Crippen molar-refractivity contribution in [1.29, 1.82) is 0 Å². The summed E-state index contributed by atoms with van der Waals surface area (Å²) < 4.78 is 0. The molecule has 0 aromatic carbocycles. The van der Waals surface area contributed by atoms with Gasteiger partial charge in [-0.3, -0.25) is 14.8 Å². The Morgan fingerprint density at radius 3 is 3.10 bits per heavy atom. The Balaban J connectivity index is 1.70. The number of piperazine rings is 1. The third-order valence-electron chi connectivity index (χ3n) is 4.87. The van der Waals surface area contributed by atoms with Crippen molar-refractivity contribution in [2.75, 3.05) is 19.6 Å². The molecule has 2 N–H and O–H groups in total. The first-order chi connectivity index (χ1) is 9.78. The zero-order valence-electron chi connectivity index (χ0n) is 12.5. The zero-order valence-corrected chi connectivity index (χ0v) is 12.5. The van der Waals surface area contributed by atoms with Crippen LogP contribution in [-0.2, 0) is 13.1 Å². The fourth-order valence-electron chi connectivity index (χ4n) is 3.65. The van der Waals surface area contributed by atoms with Crippen LogP contribution >= 0.6 is 0 Å². The second-order valence-corrected chi connectivity index (χ2v) is 6.24. The molecule has 4 nitrogen and oxygen atoms in total. The lowest BCUT2D eigenvalue weighted by atomic mass is 9.96. The molecule has 3 heterocycles. The highest BCUT2D eigenvalue weighted by molar-refractivity contribution is 5.19. The summed E-state index contributed by atoms with van der Waals surface area (Å²) in [7, 11) is 0. The molecule has 2 aliphatic rings. The van der Waals surface area contributed by atoms with Crippen LogP contribution in [-0.4, -0.2) is 46.5 Å². The van der Waals surface area contributed by atoms with Gasteiger partial charge in [-0.25, -0.2) is 0 Å². The number of rotatable bonds is 3. The molecule has 0 saturated carbocycles. The van der Waals surface area contributed by atoms with E-state index in [-0.39, 0.29) is 0 Å². The van der Waals surface area contributed by atoms with Gasteiger partial charge >= 0.3 is 0 Å². The molecule has 0 aliphatic carbocycles. The van der Waals surface area contributed by atoms with E-state index in [0.717, 1.165) is 18.3 Å². The van der Waals surface area contributed by atoms with Crippen LogP contribution < -0.4 is 5.73 Å². The van der Waals surface area contributed by atoms with Gasteiger partial charge in [-0.2, -0.15) is 0 Å². The number of piperidine rings is 1. The van der Waals surface area contributed by atoms with E-state index in [0.29, 0.717) is 12.6 Å². The van der Waals surface area contributed by atoms with Crippen molar-refractivity contribution in [2.45, 2.75) is 51.4 Å². The van der Waals surface area contributed by atoms with Gasteiger partial charge in [0.05, 0.1) is 5.69 Å². The van der Waals surface area contributed by atoms with Gasteiger partial charge in [0.1, 0.15) is 0 Å². The van der Waals surface area contributed by atoms with Gasteiger partial charge < -0.3 is 5.73 Å². The maximum Gasteiger partial charge on any atom is 0.0584 e. The number of nitrogens with zero attached hydrogens (tertiary/aromatic N) is 3. The molecule has 1 aromatic heterocycles. The molecule has 1 aromatic rings. The Hall–Kier alpha value is -0.970. The SMILES string of the molecule is CC1CN2CCCCC2CN1Cc1cccnc1CN. The van der Waals surface area contributed by atoms with Crippen LogP contribution in [0, 0.1) is 0 Å². The number of fused-ring (bicyclic) bond motifs is 1. The average Bonchev–Trinajstić information content (AvgIpc) is 2.48. The lowest BCUT2D eigenvalue weighted by molar-refractivity contribution is 0.0109. The predicted octanol–water partition coefficient (Wildman–Crippen LogP) is 1.60. The van der Waals surface area contributed by atoms with Crippen LogP contribution in [0.4, 0.5) is 0 Å². The van der Waals surface area contributed by atoms with Crippen molar-refractivity contribution >= 4 is 0 Å². The summed E-state index contributed by atoms with van der Waals surface area (Å²) in [5, 5.41) is 0. The molecule has 2 fully saturated rings. The van der Waals surface area contributed by atoms with E-state index in [1.807, 2.05) is 12.3 Å². The van der Waals surface area contributed by atoms with Crippen molar-refractivity contribution in [1.82, 2.24) is 14.8 Å². The van der Waals surface area contributed by atoms with E-state index < -0.39 is 0 Å². The van der Waals surface area contributed by atoms with E-state index in [4.69, 9.17) is 5.73 Å². The standard InChI is InChI=1S/C16H26N4/c1-13-10-19-8-3-2-6-15(19)12-20(13)11-14-5-4-7-18-16(14)9-17/h4-5,7,13,15H,2-3,6,8-12,17H2,1H3. The van der Waals surface area contributed by atoms with Gasteiger partial charge in [-0.15, -0.1) is 0 Å². The summed E-state index contributed by atoms with van der Waals surface area (Å²) in [4.78, 5) is 9.71. The number of hydrogen-bond acceptors (Lipinski definition) is 4. The van der Waals surface area contributed by atoms with E-state index in [2.05, 4.69) is 27.8 Å². The smallest absolute Gasteiger partial charge is 0.0584 e. The van der Waals surface area contributed by atoms with Crippen molar-refractivity contribution in [2.24, 2.45) is 5.73 Å². The molecule has 2 atom stereocenters. The van der Waals surface area contributed by atoms with Crippen LogP contribution in [0.15, 0.2) is 18.3 Å². The molecule has 0 amide bonds. The van der Waals surface area contributed by atoms with Crippen LogP contribution in [0.1, 0.15) is 37.4 Å². The predicted molar refractivity (Wildman–Crippen MR) is 81.2 cm³/mol. The van der Waals surface area contributed by atoms with Gasteiger partial charge in [0.25, 0.3) is 0 Å². The normalized spacial score (nSPS) is 28.3. The molecule has 0 bridgehead atoms. The van der Waals surface area contributed by atoms with Crippen molar-refractivity contribution in [3.63, 3.8) is 0 Å². The molecular formula is C16H26N4. The summed E-state index contributed by atoms with van der Waals surface area (Å²) in [5.41, 5.74) is 8.15. The minimum atomic E-state index is 0.536. The monoisotopic (exact) mass is 274 g/mol. The second kappa shape index (κ2) is 6.20. The number of nitrogens with two attached hydrogens (primary N) is 1. The molecule has 0 spiro atoms. The topological polar surface area (TPSA) is 45.4 Å². The van der Waals surface area contributed by atoms with E-state index in [9.17, 15) is 0 Å². The molecule has 110 valence electrons. The fourth-order valence-corrected chi connectivity index (χ4v) is 3.65. The van der Waals surface area contributed by atoms with Crippen LogP contribution in [0.2, 0.25) is 0 Å². The summed E-state index contributed by atoms with van der Waals surface area (Å²) in [6, 6.07) is 5.58. The highest BCUT2D eigenvalue weighted by Crippen LogP contribution is 2.25. The minimum absolute atomic E-state index is 0.536. The molecule has 2 aliphatic heterocycles. The molecule has 0 radical (unpaired) electrons. The van der Waals surface area contributed by atoms with Crippen molar-refractivity contribution in [3.05, 3.63) is 29.6 Å². The highest BCUT2D eigenvalue weighted by atomic mass is 15.3. The number of aromatic nitrogens is 1. The summed E-state index contributed by atoms with van der Waals surface area (Å²) in [6.07, 6.45) is 5.97. The third-order valence-corrected chi connectivity index (χ3v) is 4.87. The van der Waals surface area contributed by atoms with Crippen LogP contribution in [0.25, 0.3) is 0 Å². The van der Waals surface area contributed by atoms with Gasteiger partial charge in [-0.1, -0.05) is 12.5 Å². The number of hydrogen-bond donors (Lipinski definition) is 1. The largest absolute Gasteiger partial charge is 0.325 e. The first-order valence-corrected chi connectivity index (χ1v) is 7.89. The molecule has 2 saturated heterocycles. The average molecular weight is 274 g/mol. The third kappa shape index (κ3) is 2.87. The molecule has 20 heavy (non-hydrogen) atoms. The van der Waals surface area contributed by atoms with E-state index in [1.165, 1.54) is 44.5 Å². The Bertz CT molecular complexity index is 448. The Labute approximate surface area is 122 Å². The molecule has 3 rings (SSSR count). The summed E-state index contributed by atoms with van der Waals surface area (Å²) in [6.45, 7) is 7.58. The maximum atomic E-state index is 5.81. The van der Waals surface area contributed by atoms with E-state index >= 15 is 0 Å². The molecule has 2 unspecified atom stereocenters. The number of pyridine rings is 1. The Morgan fingerprint density at radius 2 is 2.25 bits per heavy atom. The first-order valence-electron chi connectivity index (χ1n) is 7.89. The van der Waals surface area contributed by atoms with Crippen LogP contribution in [0.3, 0.4) is 0 Å². The van der Waals surface area contributed by atoms with Gasteiger partial charge in [0, 0.05) is 44.5 Å². The Morgan fingerprint density at radius 1 is 1.35 bits per heavy atom. The summed E-state index contributed by atoms with van der Waals surface area (Å²) >= 11 is 0. The molecule has 4 heteroatoms. The van der Waals surface area contributed by atoms with Gasteiger partial charge in [0.15, 0.2) is 0 Å². The second-order valence-electron chi connectivity index (χ2n) is 6.24. The Kier molecular flexibility index (Phi) is 4.34. The fraction of sp³-hybridized carbons (Fsp3) is 0.688. The minimum Gasteiger partial charge on any atom is -0.325 e. The first kappa shape index (κ1) is 14.0. The van der Waals surface area contributed by atoms with E-state index in [1.54, 1.807) is 0 Å². The van der Waals surface area contributed by atoms with Crippen LogP contribution in [0.5, 0.6) is 0 Å². The zero-order chi connectivity index (χ0) is 13.9. The van der Waals surface area contributed by atoms with Crippen molar-refractivity contribution in [3.8, 4) is 0 Å².